The Hall–Kier alpha value is 0.140. The summed E-state index contributed by atoms with van der Waals surface area (Å²) in [5, 5.41) is 28.6. The Morgan fingerprint density at radius 2 is 0.642 bits per heavy atom. The molecule has 0 spiro atoms. The first-order chi connectivity index (χ1) is 25.7. The summed E-state index contributed by atoms with van der Waals surface area (Å²) in [6, 6.07) is 0. The molecule has 0 fully saturated rings. The van der Waals surface area contributed by atoms with Crippen molar-refractivity contribution >= 4 is 15.6 Å². The Labute approximate surface area is 326 Å². The fourth-order valence-corrected chi connectivity index (χ4v) is 9.19. The van der Waals surface area contributed by atoms with Gasteiger partial charge in [0.25, 0.3) is 0 Å². The van der Waals surface area contributed by atoms with Gasteiger partial charge in [0, 0.05) is 0 Å². The smallest absolute Gasteiger partial charge is 0.396 e. The van der Waals surface area contributed by atoms with Gasteiger partial charge in [-0.15, -0.1) is 0 Å². The minimum absolute atomic E-state index is 0.0442. The number of aliphatic hydroxyl groups is 3. The SMILES string of the molecule is CCCCCCCCCCCCCCCCCCOP(=O)(OCCCCCCCCCCCCCCCCCC)OP(=O)(O)OCC(CO)(CO)CO. The van der Waals surface area contributed by atoms with E-state index in [1.807, 2.05) is 0 Å². The molecule has 0 heterocycles. The van der Waals surface area contributed by atoms with E-state index in [2.05, 4.69) is 13.8 Å². The predicted octanol–water partition coefficient (Wildman–Crippen LogP) is 12.7. The van der Waals surface area contributed by atoms with Crippen LogP contribution in [0.1, 0.15) is 219 Å². The van der Waals surface area contributed by atoms with Crippen molar-refractivity contribution in [3.05, 3.63) is 0 Å². The minimum Gasteiger partial charge on any atom is -0.396 e. The second kappa shape index (κ2) is 37.7. The molecular weight excluding hydrogens is 714 g/mol. The average molecular weight is 801 g/mol. The fourth-order valence-electron chi connectivity index (χ4n) is 6.39. The van der Waals surface area contributed by atoms with Crippen LogP contribution in [-0.4, -0.2) is 59.9 Å². The lowest BCUT2D eigenvalue weighted by atomic mass is 9.93. The van der Waals surface area contributed by atoms with E-state index in [-0.39, 0.29) is 13.2 Å². The number of hydrogen-bond donors (Lipinski definition) is 4. The van der Waals surface area contributed by atoms with Crippen LogP contribution in [0, 0.1) is 5.41 Å². The van der Waals surface area contributed by atoms with Crippen molar-refractivity contribution in [2.45, 2.75) is 219 Å². The van der Waals surface area contributed by atoms with Gasteiger partial charge in [0.2, 0.25) is 0 Å². The lowest BCUT2D eigenvalue weighted by Crippen LogP contribution is -2.38. The summed E-state index contributed by atoms with van der Waals surface area (Å²) in [6.07, 6.45) is 39.1. The van der Waals surface area contributed by atoms with Crippen molar-refractivity contribution < 1.29 is 47.2 Å². The van der Waals surface area contributed by atoms with Crippen LogP contribution in [-0.2, 0) is 27.0 Å². The molecule has 0 aliphatic heterocycles. The minimum atomic E-state index is -4.98. The van der Waals surface area contributed by atoms with Crippen molar-refractivity contribution in [3.8, 4) is 0 Å². The molecule has 0 saturated carbocycles. The molecule has 4 N–H and O–H groups in total. The van der Waals surface area contributed by atoms with E-state index >= 15 is 0 Å². The lowest BCUT2D eigenvalue weighted by molar-refractivity contribution is -0.0320. The van der Waals surface area contributed by atoms with Crippen LogP contribution >= 0.6 is 15.6 Å². The Bertz CT molecular complexity index is 808. The Morgan fingerprint density at radius 3 is 0.887 bits per heavy atom. The highest BCUT2D eigenvalue weighted by atomic mass is 31.3. The first kappa shape index (κ1) is 53.1. The van der Waals surface area contributed by atoms with Gasteiger partial charge in [-0.3, -0.25) is 13.6 Å². The third kappa shape index (κ3) is 33.9. The second-order valence-electron chi connectivity index (χ2n) is 15.5. The molecule has 1 unspecified atom stereocenters. The van der Waals surface area contributed by atoms with E-state index < -0.39 is 47.5 Å². The predicted molar refractivity (Wildman–Crippen MR) is 219 cm³/mol. The van der Waals surface area contributed by atoms with Crippen LogP contribution in [0.2, 0.25) is 0 Å². The van der Waals surface area contributed by atoms with Gasteiger partial charge in [-0.25, -0.2) is 9.13 Å². The lowest BCUT2D eigenvalue weighted by Gasteiger charge is -2.28. The van der Waals surface area contributed by atoms with Crippen molar-refractivity contribution in [3.63, 3.8) is 0 Å². The maximum Gasteiger partial charge on any atom is 0.483 e. The summed E-state index contributed by atoms with van der Waals surface area (Å²) in [5.74, 6) is 0. The van der Waals surface area contributed by atoms with Crippen LogP contribution in [0.5, 0.6) is 0 Å². The number of aliphatic hydroxyl groups excluding tert-OH is 3. The zero-order chi connectivity index (χ0) is 39.2. The fraction of sp³-hybridized carbons (Fsp3) is 1.00. The van der Waals surface area contributed by atoms with Gasteiger partial charge in [0.15, 0.2) is 0 Å². The Balaban J connectivity index is 4.35. The number of phosphoric acid groups is 2. The normalized spacial score (nSPS) is 13.5. The molecule has 53 heavy (non-hydrogen) atoms. The zero-order valence-electron chi connectivity index (χ0n) is 34.5. The van der Waals surface area contributed by atoms with Gasteiger partial charge in [-0.2, -0.15) is 4.31 Å². The number of rotatable bonds is 44. The van der Waals surface area contributed by atoms with Crippen molar-refractivity contribution in [1.82, 2.24) is 0 Å². The molecule has 320 valence electrons. The standard InChI is InChI=1S/C41H86O10P2/c1-3-5-7-9-11-13-15-17-19-21-23-25-27-29-31-33-35-48-53(47,51-52(45,46)50-40-41(37-42,38-43)39-44)49-36-34-32-30-28-26-24-22-20-18-16-14-12-10-8-6-4-2/h42-44H,3-40H2,1-2H3,(H,45,46). The highest BCUT2D eigenvalue weighted by molar-refractivity contribution is 7.61. The summed E-state index contributed by atoms with van der Waals surface area (Å²) in [6.45, 7) is 1.84. The van der Waals surface area contributed by atoms with Gasteiger partial charge < -0.3 is 20.2 Å². The molecule has 0 aromatic carbocycles. The van der Waals surface area contributed by atoms with Gasteiger partial charge >= 0.3 is 15.6 Å². The van der Waals surface area contributed by atoms with E-state index in [0.717, 1.165) is 38.5 Å². The molecule has 0 amide bonds. The third-order valence-corrected chi connectivity index (χ3v) is 13.3. The highest BCUT2D eigenvalue weighted by Crippen LogP contribution is 2.63. The number of unbranched alkanes of at least 4 members (excludes halogenated alkanes) is 30. The van der Waals surface area contributed by atoms with E-state index in [1.165, 1.54) is 154 Å². The molecule has 0 rings (SSSR count). The van der Waals surface area contributed by atoms with Crippen molar-refractivity contribution in [2.24, 2.45) is 5.41 Å². The van der Waals surface area contributed by atoms with E-state index in [0.29, 0.717) is 12.8 Å². The summed E-state index contributed by atoms with van der Waals surface area (Å²) < 4.78 is 47.0. The van der Waals surface area contributed by atoms with Crippen LogP contribution in [0.4, 0.5) is 0 Å². The van der Waals surface area contributed by atoms with Gasteiger partial charge in [0.1, 0.15) is 0 Å². The molecule has 0 radical (unpaired) electrons. The van der Waals surface area contributed by atoms with Crippen molar-refractivity contribution in [2.75, 3.05) is 39.6 Å². The van der Waals surface area contributed by atoms with Crippen molar-refractivity contribution in [1.29, 1.82) is 0 Å². The summed E-state index contributed by atoms with van der Waals surface area (Å²) in [4.78, 5) is 10.3. The molecule has 12 heteroatoms. The topological polar surface area (TPSA) is 152 Å². The molecular formula is C41H86O10P2. The molecule has 0 aliphatic carbocycles. The van der Waals surface area contributed by atoms with Gasteiger partial charge in [0.05, 0.1) is 45.1 Å². The molecule has 10 nitrogen and oxygen atoms in total. The molecule has 0 aromatic heterocycles. The molecule has 0 aliphatic rings. The maximum absolute atomic E-state index is 13.5. The van der Waals surface area contributed by atoms with Gasteiger partial charge in [-0.05, 0) is 12.8 Å². The van der Waals surface area contributed by atoms with E-state index in [9.17, 15) is 29.3 Å². The Morgan fingerprint density at radius 1 is 0.396 bits per heavy atom. The van der Waals surface area contributed by atoms with E-state index in [1.54, 1.807) is 0 Å². The zero-order valence-corrected chi connectivity index (χ0v) is 36.3. The summed E-state index contributed by atoms with van der Waals surface area (Å²) in [5.41, 5.74) is -1.56. The molecule has 0 aromatic rings. The largest absolute Gasteiger partial charge is 0.483 e. The monoisotopic (exact) mass is 801 g/mol. The van der Waals surface area contributed by atoms with Crippen LogP contribution in [0.15, 0.2) is 0 Å². The molecule has 0 bridgehead atoms. The number of phosphoric ester groups is 2. The van der Waals surface area contributed by atoms with E-state index in [4.69, 9.17) is 17.9 Å². The highest BCUT2D eigenvalue weighted by Gasteiger charge is 2.40. The number of hydrogen-bond acceptors (Lipinski definition) is 9. The van der Waals surface area contributed by atoms with Crippen LogP contribution < -0.4 is 0 Å². The Kier molecular flexibility index (Phi) is 37.8. The third-order valence-electron chi connectivity index (χ3n) is 10.2. The quantitative estimate of drug-likeness (QED) is 0.0346. The summed E-state index contributed by atoms with van der Waals surface area (Å²) in [7, 11) is -9.44. The van der Waals surface area contributed by atoms with Gasteiger partial charge in [-0.1, -0.05) is 206 Å². The van der Waals surface area contributed by atoms with Crippen LogP contribution in [0.3, 0.4) is 0 Å². The van der Waals surface area contributed by atoms with Crippen LogP contribution in [0.25, 0.3) is 0 Å². The molecule has 1 atom stereocenters. The molecule has 0 saturated heterocycles. The maximum atomic E-state index is 13.5. The first-order valence-electron chi connectivity index (χ1n) is 22.1. The second-order valence-corrected chi connectivity index (χ2v) is 18.8. The average Bonchev–Trinajstić information content (AvgIpc) is 3.14. The first-order valence-corrected chi connectivity index (χ1v) is 25.1. The summed E-state index contributed by atoms with van der Waals surface area (Å²) >= 11 is 0.